The fraction of sp³-hybridized carbons (Fsp3) is 0.429. The molecule has 4 rings (SSSR count). The van der Waals surface area contributed by atoms with Crippen LogP contribution in [0.2, 0.25) is 0 Å². The highest BCUT2D eigenvalue weighted by molar-refractivity contribution is 5.89. The standard InChI is InChI=1S/C21H26N6O2/c1-3-15-8-10-17(11-9-15)23-21(28)27-12-6-4-5-7-18(27)19-24-20(29-25-19)16-13-22-26(2)14-16/h8-11,13-14,18H,3-7,12H2,1-2H3,(H,23,28). The van der Waals surface area contributed by atoms with Crippen LogP contribution in [-0.2, 0) is 13.5 Å². The smallest absolute Gasteiger partial charge is 0.322 e. The average molecular weight is 394 g/mol. The Morgan fingerprint density at radius 1 is 1.24 bits per heavy atom. The number of aromatic nitrogens is 4. The molecule has 0 spiro atoms. The summed E-state index contributed by atoms with van der Waals surface area (Å²) < 4.78 is 7.15. The van der Waals surface area contributed by atoms with Crippen LogP contribution in [-0.4, -0.2) is 37.4 Å². The molecule has 1 aliphatic rings. The summed E-state index contributed by atoms with van der Waals surface area (Å²) in [5.41, 5.74) is 2.80. The minimum Gasteiger partial charge on any atom is -0.334 e. The number of hydrogen-bond acceptors (Lipinski definition) is 5. The highest BCUT2D eigenvalue weighted by Gasteiger charge is 2.31. The van der Waals surface area contributed by atoms with E-state index in [9.17, 15) is 4.79 Å². The van der Waals surface area contributed by atoms with Crippen LogP contribution in [0.3, 0.4) is 0 Å². The number of hydrogen-bond donors (Lipinski definition) is 1. The third-order valence-electron chi connectivity index (χ3n) is 5.32. The summed E-state index contributed by atoms with van der Waals surface area (Å²) in [6, 6.07) is 7.62. The third-order valence-corrected chi connectivity index (χ3v) is 5.32. The lowest BCUT2D eigenvalue weighted by atomic mass is 10.1. The van der Waals surface area contributed by atoms with Crippen molar-refractivity contribution in [2.24, 2.45) is 7.05 Å². The van der Waals surface area contributed by atoms with E-state index >= 15 is 0 Å². The predicted octanol–water partition coefficient (Wildman–Crippen LogP) is 4.18. The van der Waals surface area contributed by atoms with Crippen molar-refractivity contribution in [2.75, 3.05) is 11.9 Å². The maximum atomic E-state index is 13.1. The van der Waals surface area contributed by atoms with Gasteiger partial charge >= 0.3 is 6.03 Å². The first-order chi connectivity index (χ1) is 14.1. The van der Waals surface area contributed by atoms with Crippen LogP contribution in [0.4, 0.5) is 10.5 Å². The number of urea groups is 1. The van der Waals surface area contributed by atoms with E-state index in [1.165, 1.54) is 5.56 Å². The molecular weight excluding hydrogens is 368 g/mol. The van der Waals surface area contributed by atoms with Crippen LogP contribution < -0.4 is 5.32 Å². The molecule has 1 aliphatic heterocycles. The number of anilines is 1. The number of benzene rings is 1. The SMILES string of the molecule is CCc1ccc(NC(=O)N2CCCCCC2c2noc(-c3cnn(C)c3)n2)cc1. The first-order valence-electron chi connectivity index (χ1n) is 10.1. The number of carbonyl (C=O) groups excluding carboxylic acids is 1. The van der Waals surface area contributed by atoms with E-state index in [2.05, 4.69) is 27.5 Å². The Morgan fingerprint density at radius 2 is 2.07 bits per heavy atom. The molecule has 1 aromatic carbocycles. The molecule has 1 fully saturated rings. The predicted molar refractivity (Wildman–Crippen MR) is 109 cm³/mol. The Kier molecular flexibility index (Phi) is 5.59. The zero-order valence-electron chi connectivity index (χ0n) is 16.8. The summed E-state index contributed by atoms with van der Waals surface area (Å²) in [5, 5.41) is 11.4. The summed E-state index contributed by atoms with van der Waals surface area (Å²) in [6.45, 7) is 2.78. The first kappa shape index (κ1) is 19.2. The van der Waals surface area contributed by atoms with Gasteiger partial charge in [0.05, 0.1) is 17.8 Å². The van der Waals surface area contributed by atoms with E-state index in [4.69, 9.17) is 4.52 Å². The normalized spacial score (nSPS) is 17.2. The Balaban J connectivity index is 1.54. The third kappa shape index (κ3) is 4.31. The molecule has 1 atom stereocenters. The van der Waals surface area contributed by atoms with E-state index in [1.807, 2.05) is 42.4 Å². The molecule has 0 saturated carbocycles. The van der Waals surface area contributed by atoms with Gasteiger partial charge in [0, 0.05) is 25.5 Å². The highest BCUT2D eigenvalue weighted by Crippen LogP contribution is 2.30. The summed E-state index contributed by atoms with van der Waals surface area (Å²) in [7, 11) is 1.84. The molecule has 152 valence electrons. The zero-order valence-corrected chi connectivity index (χ0v) is 16.8. The number of amides is 2. The lowest BCUT2D eigenvalue weighted by Gasteiger charge is -2.28. The minimum atomic E-state index is -0.207. The van der Waals surface area contributed by atoms with Crippen molar-refractivity contribution in [2.45, 2.75) is 45.1 Å². The fourth-order valence-corrected chi connectivity index (χ4v) is 3.66. The second kappa shape index (κ2) is 8.46. The van der Waals surface area contributed by atoms with Gasteiger partial charge in [0.25, 0.3) is 5.89 Å². The maximum Gasteiger partial charge on any atom is 0.322 e. The van der Waals surface area contributed by atoms with Crippen molar-refractivity contribution in [3.8, 4) is 11.5 Å². The van der Waals surface area contributed by atoms with Crippen molar-refractivity contribution in [1.82, 2.24) is 24.8 Å². The second-order valence-electron chi connectivity index (χ2n) is 7.40. The Bertz CT molecular complexity index is 962. The lowest BCUT2D eigenvalue weighted by molar-refractivity contribution is 0.185. The summed E-state index contributed by atoms with van der Waals surface area (Å²) in [5.74, 6) is 0.968. The van der Waals surface area contributed by atoms with Gasteiger partial charge in [-0.3, -0.25) is 4.68 Å². The number of carbonyl (C=O) groups is 1. The average Bonchev–Trinajstić information content (AvgIpc) is 3.31. The van der Waals surface area contributed by atoms with Crippen LogP contribution in [0.25, 0.3) is 11.5 Å². The largest absolute Gasteiger partial charge is 0.334 e. The van der Waals surface area contributed by atoms with Gasteiger partial charge < -0.3 is 14.7 Å². The molecular formula is C21H26N6O2. The molecule has 3 aromatic rings. The Morgan fingerprint density at radius 3 is 2.79 bits per heavy atom. The van der Waals surface area contributed by atoms with E-state index in [0.717, 1.165) is 43.4 Å². The number of likely N-dealkylation sites (tertiary alicyclic amines) is 1. The van der Waals surface area contributed by atoms with Crippen molar-refractivity contribution >= 4 is 11.7 Å². The van der Waals surface area contributed by atoms with Crippen LogP contribution >= 0.6 is 0 Å². The van der Waals surface area contributed by atoms with E-state index in [1.54, 1.807) is 10.9 Å². The number of rotatable bonds is 4. The number of nitrogens with zero attached hydrogens (tertiary/aromatic N) is 5. The van der Waals surface area contributed by atoms with E-state index < -0.39 is 0 Å². The monoisotopic (exact) mass is 394 g/mol. The lowest BCUT2D eigenvalue weighted by Crippen LogP contribution is -2.38. The molecule has 0 radical (unpaired) electrons. The molecule has 8 nitrogen and oxygen atoms in total. The first-order valence-corrected chi connectivity index (χ1v) is 10.1. The van der Waals surface area contributed by atoms with Crippen molar-refractivity contribution < 1.29 is 9.32 Å². The van der Waals surface area contributed by atoms with Gasteiger partial charge in [0.1, 0.15) is 0 Å². The summed E-state index contributed by atoms with van der Waals surface area (Å²) in [6.07, 6.45) is 8.37. The van der Waals surface area contributed by atoms with Gasteiger partial charge in [0.15, 0.2) is 5.82 Å². The molecule has 2 amide bonds. The summed E-state index contributed by atoms with van der Waals surface area (Å²) >= 11 is 0. The zero-order chi connectivity index (χ0) is 20.2. The van der Waals surface area contributed by atoms with Crippen LogP contribution in [0.1, 0.15) is 50.0 Å². The van der Waals surface area contributed by atoms with Gasteiger partial charge in [-0.1, -0.05) is 37.1 Å². The van der Waals surface area contributed by atoms with Crippen LogP contribution in [0.5, 0.6) is 0 Å². The molecule has 1 saturated heterocycles. The maximum absolute atomic E-state index is 13.1. The van der Waals surface area contributed by atoms with E-state index in [0.29, 0.717) is 18.3 Å². The molecule has 1 unspecified atom stereocenters. The van der Waals surface area contributed by atoms with Gasteiger partial charge in [-0.2, -0.15) is 10.1 Å². The fourth-order valence-electron chi connectivity index (χ4n) is 3.66. The van der Waals surface area contributed by atoms with Crippen LogP contribution in [0.15, 0.2) is 41.2 Å². The Hall–Kier alpha value is -3.16. The van der Waals surface area contributed by atoms with Gasteiger partial charge in [-0.25, -0.2) is 4.79 Å². The number of aryl methyl sites for hydroxylation is 2. The van der Waals surface area contributed by atoms with Crippen molar-refractivity contribution in [3.63, 3.8) is 0 Å². The molecule has 2 aromatic heterocycles. The van der Waals surface area contributed by atoms with Gasteiger partial charge in [0.2, 0.25) is 0 Å². The molecule has 1 N–H and O–H groups in total. The van der Waals surface area contributed by atoms with Gasteiger partial charge in [-0.05, 0) is 37.0 Å². The molecule has 0 aliphatic carbocycles. The molecule has 29 heavy (non-hydrogen) atoms. The topological polar surface area (TPSA) is 89.1 Å². The summed E-state index contributed by atoms with van der Waals surface area (Å²) in [4.78, 5) is 19.5. The van der Waals surface area contributed by atoms with Crippen LogP contribution in [0, 0.1) is 0 Å². The van der Waals surface area contributed by atoms with E-state index in [-0.39, 0.29) is 12.1 Å². The van der Waals surface area contributed by atoms with Gasteiger partial charge in [-0.15, -0.1) is 0 Å². The molecule has 3 heterocycles. The van der Waals surface area contributed by atoms with Crippen molar-refractivity contribution in [3.05, 3.63) is 48.0 Å². The highest BCUT2D eigenvalue weighted by atomic mass is 16.5. The molecule has 8 heteroatoms. The minimum absolute atomic E-state index is 0.131. The quantitative estimate of drug-likeness (QED) is 0.717. The Labute approximate surface area is 169 Å². The second-order valence-corrected chi connectivity index (χ2v) is 7.40. The molecule has 0 bridgehead atoms. The van der Waals surface area contributed by atoms with Crippen molar-refractivity contribution in [1.29, 1.82) is 0 Å². The number of nitrogens with one attached hydrogen (secondary N) is 1.